The van der Waals surface area contributed by atoms with Crippen LogP contribution < -0.4 is 4.90 Å². The predicted molar refractivity (Wildman–Crippen MR) is 154 cm³/mol. The van der Waals surface area contributed by atoms with Gasteiger partial charge in [-0.1, -0.05) is 41.4 Å². The number of allylic oxidation sites excluding steroid dienone is 2. The van der Waals surface area contributed by atoms with Crippen molar-refractivity contribution >= 4 is 58.0 Å². The van der Waals surface area contributed by atoms with E-state index in [2.05, 4.69) is 0 Å². The number of halogens is 2. The number of carbonyl (C=O) groups is 1. The summed E-state index contributed by atoms with van der Waals surface area (Å²) in [4.78, 5) is 16.5. The van der Waals surface area contributed by atoms with Crippen LogP contribution in [-0.2, 0) is 4.79 Å². The van der Waals surface area contributed by atoms with E-state index in [1.54, 1.807) is 40.9 Å². The lowest BCUT2D eigenvalue weighted by molar-refractivity contribution is -0.116. The SMILES string of the molecule is CSc1ccc(C2C3=C(CCCC3=O)N(c3ccc(C)c(Cl)c3)C(=N)/C2=C(/O)c2ccc(Cl)cc2)cc1. The molecule has 2 aliphatic rings. The molecule has 0 saturated carbocycles. The molecule has 7 heteroatoms. The van der Waals surface area contributed by atoms with E-state index in [0.29, 0.717) is 51.7 Å². The second kappa shape index (κ2) is 10.4. The van der Waals surface area contributed by atoms with Crippen LogP contribution in [0, 0.1) is 12.3 Å². The zero-order valence-electron chi connectivity index (χ0n) is 20.5. The Morgan fingerprint density at radius 2 is 1.73 bits per heavy atom. The number of nitrogens with one attached hydrogen (secondary N) is 1. The standard InChI is InChI=1S/C30H26Cl2N2O2S/c1-17-6-13-21(16-23(17)32)34-24-4-3-5-25(35)27(24)26(18-9-14-22(37-2)15-10-18)28(30(34)33)29(36)19-7-11-20(31)12-8-19/h6-16,26,33,36H,3-5H2,1-2H3/b29-28+,33-30?. The van der Waals surface area contributed by atoms with Gasteiger partial charge in [0.25, 0.3) is 0 Å². The number of hydrogen-bond acceptors (Lipinski definition) is 4. The lowest BCUT2D eigenvalue weighted by Crippen LogP contribution is -2.42. The van der Waals surface area contributed by atoms with Gasteiger partial charge in [-0.25, -0.2) is 0 Å². The molecule has 4 nitrogen and oxygen atoms in total. The fourth-order valence-corrected chi connectivity index (χ4v) is 5.80. The molecule has 37 heavy (non-hydrogen) atoms. The molecule has 5 rings (SSSR count). The molecular formula is C30H26Cl2N2O2S. The highest BCUT2D eigenvalue weighted by Crippen LogP contribution is 2.48. The van der Waals surface area contributed by atoms with Crippen molar-refractivity contribution < 1.29 is 9.90 Å². The molecule has 0 amide bonds. The van der Waals surface area contributed by atoms with Gasteiger partial charge in [0.1, 0.15) is 11.6 Å². The summed E-state index contributed by atoms with van der Waals surface area (Å²) < 4.78 is 0. The van der Waals surface area contributed by atoms with Crippen molar-refractivity contribution in [2.75, 3.05) is 11.2 Å². The van der Waals surface area contributed by atoms with Crippen molar-refractivity contribution in [1.29, 1.82) is 5.41 Å². The first kappa shape index (κ1) is 25.7. The first-order valence-electron chi connectivity index (χ1n) is 12.0. The minimum Gasteiger partial charge on any atom is -0.507 e. The molecule has 3 aromatic rings. The molecule has 0 spiro atoms. The molecule has 0 fully saturated rings. The third-order valence-electron chi connectivity index (χ3n) is 6.99. The van der Waals surface area contributed by atoms with Crippen LogP contribution in [-0.4, -0.2) is 23.0 Å². The molecule has 0 bridgehead atoms. The number of aliphatic hydroxyl groups is 1. The van der Waals surface area contributed by atoms with Crippen LogP contribution in [0.4, 0.5) is 5.69 Å². The van der Waals surface area contributed by atoms with Gasteiger partial charge in [-0.15, -0.1) is 11.8 Å². The van der Waals surface area contributed by atoms with Crippen molar-refractivity contribution in [1.82, 2.24) is 0 Å². The second-order valence-corrected chi connectivity index (χ2v) is 11.0. The summed E-state index contributed by atoms with van der Waals surface area (Å²) in [7, 11) is 0. The molecule has 188 valence electrons. The first-order chi connectivity index (χ1) is 17.8. The number of ketones is 1. The van der Waals surface area contributed by atoms with E-state index in [0.717, 1.165) is 21.7 Å². The molecule has 0 saturated heterocycles. The Morgan fingerprint density at radius 1 is 1.03 bits per heavy atom. The van der Waals surface area contributed by atoms with Gasteiger partial charge < -0.3 is 5.11 Å². The summed E-state index contributed by atoms with van der Waals surface area (Å²) in [5.41, 5.74) is 4.82. The number of hydrogen-bond donors (Lipinski definition) is 2. The van der Waals surface area contributed by atoms with E-state index in [9.17, 15) is 15.3 Å². The van der Waals surface area contributed by atoms with Gasteiger partial charge in [-0.2, -0.15) is 0 Å². The summed E-state index contributed by atoms with van der Waals surface area (Å²) >= 11 is 14.2. The summed E-state index contributed by atoms with van der Waals surface area (Å²) in [5, 5.41) is 22.2. The summed E-state index contributed by atoms with van der Waals surface area (Å²) in [5.74, 6) is -0.454. The molecule has 1 atom stereocenters. The number of nitrogens with zero attached hydrogens (tertiary/aromatic N) is 1. The van der Waals surface area contributed by atoms with Crippen molar-refractivity contribution in [3.05, 3.63) is 110 Å². The minimum atomic E-state index is -0.570. The maximum atomic E-state index is 13.6. The Bertz CT molecular complexity index is 1460. The Hall–Kier alpha value is -2.99. The zero-order chi connectivity index (χ0) is 26.3. The van der Waals surface area contributed by atoms with Gasteiger partial charge in [0.15, 0.2) is 5.78 Å². The maximum absolute atomic E-state index is 13.6. The van der Waals surface area contributed by atoms with E-state index >= 15 is 0 Å². The van der Waals surface area contributed by atoms with Gasteiger partial charge in [0.2, 0.25) is 0 Å². The van der Waals surface area contributed by atoms with Crippen molar-refractivity contribution in [2.24, 2.45) is 0 Å². The molecule has 2 N–H and O–H groups in total. The molecule has 0 radical (unpaired) electrons. The average molecular weight is 550 g/mol. The van der Waals surface area contributed by atoms with Crippen LogP contribution in [0.15, 0.2) is 88.5 Å². The van der Waals surface area contributed by atoms with Gasteiger partial charge in [0, 0.05) is 55.4 Å². The summed E-state index contributed by atoms with van der Waals surface area (Å²) in [6.07, 6.45) is 3.81. The highest BCUT2D eigenvalue weighted by Gasteiger charge is 2.43. The third-order valence-corrected chi connectivity index (χ3v) is 8.39. The van der Waals surface area contributed by atoms with Gasteiger partial charge >= 0.3 is 0 Å². The minimum absolute atomic E-state index is 0.0392. The molecule has 1 aliphatic heterocycles. The van der Waals surface area contributed by atoms with E-state index in [1.165, 1.54) is 0 Å². The van der Waals surface area contributed by atoms with Crippen LogP contribution in [0.1, 0.15) is 41.9 Å². The van der Waals surface area contributed by atoms with E-state index in [4.69, 9.17) is 23.2 Å². The first-order valence-corrected chi connectivity index (χ1v) is 14.0. The monoisotopic (exact) mass is 548 g/mol. The predicted octanol–water partition coefficient (Wildman–Crippen LogP) is 8.58. The van der Waals surface area contributed by atoms with Crippen molar-refractivity contribution in [2.45, 2.75) is 37.0 Å². The summed E-state index contributed by atoms with van der Waals surface area (Å²) in [6, 6.07) is 20.5. The Labute approximate surface area is 231 Å². The van der Waals surface area contributed by atoms with Crippen LogP contribution in [0.2, 0.25) is 10.0 Å². The number of thioether (sulfide) groups is 1. The topological polar surface area (TPSA) is 64.4 Å². The van der Waals surface area contributed by atoms with Gasteiger partial charge in [-0.05, 0) is 85.7 Å². The van der Waals surface area contributed by atoms with Crippen LogP contribution in [0.25, 0.3) is 5.76 Å². The highest BCUT2D eigenvalue weighted by atomic mass is 35.5. The second-order valence-electron chi connectivity index (χ2n) is 9.23. The number of anilines is 1. The quantitative estimate of drug-likeness (QED) is 0.253. The maximum Gasteiger partial charge on any atom is 0.161 e. The van der Waals surface area contributed by atoms with Crippen LogP contribution in [0.5, 0.6) is 0 Å². The Balaban J connectivity index is 1.81. The van der Waals surface area contributed by atoms with Crippen molar-refractivity contribution in [3.8, 4) is 0 Å². The molecule has 0 aromatic heterocycles. The Kier molecular flexibility index (Phi) is 7.21. The number of aryl methyl sites for hydroxylation is 1. The van der Waals surface area contributed by atoms with Gasteiger partial charge in [0.05, 0.1) is 0 Å². The highest BCUT2D eigenvalue weighted by molar-refractivity contribution is 7.98. The number of amidine groups is 1. The lowest BCUT2D eigenvalue weighted by atomic mass is 9.73. The zero-order valence-corrected chi connectivity index (χ0v) is 22.8. The van der Waals surface area contributed by atoms with Gasteiger partial charge in [-0.3, -0.25) is 15.1 Å². The smallest absolute Gasteiger partial charge is 0.161 e. The largest absolute Gasteiger partial charge is 0.507 e. The fraction of sp³-hybridized carbons (Fsp3) is 0.200. The fourth-order valence-electron chi connectivity index (χ4n) is 5.09. The molecule has 1 unspecified atom stereocenters. The number of aliphatic hydroxyl groups excluding tert-OH is 1. The normalized spacial score (nSPS) is 19.2. The number of benzene rings is 3. The molecule has 3 aromatic carbocycles. The number of carbonyl (C=O) groups excluding carboxylic acids is 1. The molecule has 1 aliphatic carbocycles. The lowest BCUT2D eigenvalue weighted by Gasteiger charge is -2.42. The third kappa shape index (κ3) is 4.72. The molecular weight excluding hydrogens is 523 g/mol. The number of Topliss-reactive ketones (excluding diaryl/α,β-unsaturated/α-hetero) is 1. The van der Waals surface area contributed by atoms with Crippen molar-refractivity contribution in [3.63, 3.8) is 0 Å². The summed E-state index contributed by atoms with van der Waals surface area (Å²) in [6.45, 7) is 1.93. The van der Waals surface area contributed by atoms with E-state index in [-0.39, 0.29) is 17.4 Å². The van der Waals surface area contributed by atoms with Crippen LogP contribution in [0.3, 0.4) is 0 Å². The van der Waals surface area contributed by atoms with E-state index in [1.807, 2.05) is 55.6 Å². The van der Waals surface area contributed by atoms with Crippen LogP contribution >= 0.6 is 35.0 Å². The van der Waals surface area contributed by atoms with E-state index < -0.39 is 5.92 Å². The molecule has 1 heterocycles. The average Bonchev–Trinajstić information content (AvgIpc) is 2.90. The number of rotatable bonds is 4. The Morgan fingerprint density at radius 3 is 2.38 bits per heavy atom.